The molecule has 0 atom stereocenters. The van der Waals surface area contributed by atoms with Gasteiger partial charge in [-0.1, -0.05) is 11.6 Å². The van der Waals surface area contributed by atoms with Crippen LogP contribution in [0.2, 0.25) is 5.02 Å². The smallest absolute Gasteiger partial charge is 0.0908 e. The van der Waals surface area contributed by atoms with Crippen molar-refractivity contribution in [3.63, 3.8) is 0 Å². The van der Waals surface area contributed by atoms with Gasteiger partial charge in [-0.3, -0.25) is 0 Å². The zero-order valence-corrected chi connectivity index (χ0v) is 9.42. The lowest BCUT2D eigenvalue weighted by atomic mass is 10.3. The Kier molecular flexibility index (Phi) is 2.10. The van der Waals surface area contributed by atoms with E-state index >= 15 is 0 Å². The van der Waals surface area contributed by atoms with Crippen molar-refractivity contribution < 1.29 is 0 Å². The van der Waals surface area contributed by atoms with Gasteiger partial charge in [0, 0.05) is 0 Å². The van der Waals surface area contributed by atoms with Gasteiger partial charge in [0.2, 0.25) is 0 Å². The molecule has 1 aromatic heterocycles. The second kappa shape index (κ2) is 2.98. The summed E-state index contributed by atoms with van der Waals surface area (Å²) in [5, 5.41) is 1.80. The third kappa shape index (κ3) is 1.26. The quantitative estimate of drug-likeness (QED) is 0.699. The van der Waals surface area contributed by atoms with Gasteiger partial charge >= 0.3 is 0 Å². The van der Waals surface area contributed by atoms with Crippen molar-refractivity contribution in [2.75, 3.05) is 0 Å². The first-order valence-electron chi connectivity index (χ1n) is 3.39. The lowest BCUT2D eigenvalue weighted by molar-refractivity contribution is 1.35. The summed E-state index contributed by atoms with van der Waals surface area (Å²) in [6.07, 6.45) is 0. The van der Waals surface area contributed by atoms with E-state index < -0.39 is 0 Å². The first kappa shape index (κ1) is 8.48. The number of halogens is 2. The average Bonchev–Trinajstić information content (AvgIpc) is 2.39. The SMILES string of the molecule is Cc1nc2ccc(Cl)c(Br)c2s1. The van der Waals surface area contributed by atoms with Gasteiger partial charge in [0.05, 0.1) is 24.7 Å². The van der Waals surface area contributed by atoms with Crippen LogP contribution in [0.3, 0.4) is 0 Å². The van der Waals surface area contributed by atoms with Gasteiger partial charge in [-0.05, 0) is 35.0 Å². The molecule has 12 heavy (non-hydrogen) atoms. The normalized spacial score (nSPS) is 10.9. The largest absolute Gasteiger partial charge is 0.241 e. The number of nitrogens with zero attached hydrogens (tertiary/aromatic N) is 1. The number of rotatable bonds is 0. The number of hydrogen-bond donors (Lipinski definition) is 0. The minimum absolute atomic E-state index is 0.742. The van der Waals surface area contributed by atoms with Crippen LogP contribution in [0.4, 0.5) is 0 Å². The molecule has 0 fully saturated rings. The zero-order valence-electron chi connectivity index (χ0n) is 6.27. The highest BCUT2D eigenvalue weighted by Gasteiger charge is 2.06. The van der Waals surface area contributed by atoms with Crippen LogP contribution in [-0.4, -0.2) is 4.98 Å². The topological polar surface area (TPSA) is 12.9 Å². The summed E-state index contributed by atoms with van der Waals surface area (Å²) in [6.45, 7) is 1.99. The number of hydrogen-bond acceptors (Lipinski definition) is 2. The van der Waals surface area contributed by atoms with Crippen LogP contribution in [-0.2, 0) is 0 Å². The molecular weight excluding hydrogens is 258 g/mol. The monoisotopic (exact) mass is 261 g/mol. The molecule has 0 spiro atoms. The number of aryl methyl sites for hydroxylation is 1. The molecule has 0 N–H and O–H groups in total. The molecule has 1 nitrogen and oxygen atoms in total. The van der Waals surface area contributed by atoms with Gasteiger partial charge in [-0.2, -0.15) is 0 Å². The molecule has 0 aliphatic heterocycles. The van der Waals surface area contributed by atoms with Crippen LogP contribution in [0.25, 0.3) is 10.2 Å². The fourth-order valence-electron chi connectivity index (χ4n) is 1.05. The minimum atomic E-state index is 0.742. The molecule has 0 aliphatic carbocycles. The van der Waals surface area contributed by atoms with E-state index in [-0.39, 0.29) is 0 Å². The summed E-state index contributed by atoms with van der Waals surface area (Å²) < 4.78 is 2.08. The van der Waals surface area contributed by atoms with E-state index in [1.54, 1.807) is 11.3 Å². The van der Waals surface area contributed by atoms with Gasteiger partial charge in [0.15, 0.2) is 0 Å². The van der Waals surface area contributed by atoms with Crippen LogP contribution in [0.5, 0.6) is 0 Å². The summed E-state index contributed by atoms with van der Waals surface area (Å²) in [5.74, 6) is 0. The van der Waals surface area contributed by atoms with Crippen molar-refractivity contribution in [1.82, 2.24) is 4.98 Å². The van der Waals surface area contributed by atoms with Gasteiger partial charge in [-0.15, -0.1) is 11.3 Å². The molecular formula is C8H5BrClNS. The highest BCUT2D eigenvalue weighted by atomic mass is 79.9. The molecule has 0 bridgehead atoms. The maximum atomic E-state index is 5.93. The fourth-order valence-corrected chi connectivity index (χ4v) is 2.70. The van der Waals surface area contributed by atoms with E-state index in [4.69, 9.17) is 11.6 Å². The van der Waals surface area contributed by atoms with Crippen molar-refractivity contribution in [2.45, 2.75) is 6.92 Å². The van der Waals surface area contributed by atoms with Crippen molar-refractivity contribution in [1.29, 1.82) is 0 Å². The Morgan fingerprint density at radius 2 is 2.25 bits per heavy atom. The van der Waals surface area contributed by atoms with Gasteiger partial charge in [0.1, 0.15) is 0 Å². The molecule has 1 heterocycles. The average molecular weight is 263 g/mol. The molecule has 0 aliphatic rings. The van der Waals surface area contributed by atoms with Gasteiger partial charge in [-0.25, -0.2) is 4.98 Å². The van der Waals surface area contributed by atoms with Gasteiger partial charge in [0.25, 0.3) is 0 Å². The van der Waals surface area contributed by atoms with E-state index in [0.29, 0.717) is 0 Å². The maximum absolute atomic E-state index is 5.93. The molecule has 2 aromatic rings. The Balaban J connectivity index is 2.89. The first-order chi connectivity index (χ1) is 5.68. The lowest BCUT2D eigenvalue weighted by Crippen LogP contribution is -1.70. The maximum Gasteiger partial charge on any atom is 0.0908 e. The van der Waals surface area contributed by atoms with Crippen LogP contribution < -0.4 is 0 Å². The number of benzene rings is 1. The van der Waals surface area contributed by atoms with Crippen LogP contribution in [0.15, 0.2) is 16.6 Å². The Morgan fingerprint density at radius 3 is 3.00 bits per heavy atom. The van der Waals surface area contributed by atoms with E-state index in [9.17, 15) is 0 Å². The number of thiazole rings is 1. The van der Waals surface area contributed by atoms with Crippen molar-refractivity contribution in [2.24, 2.45) is 0 Å². The van der Waals surface area contributed by atoms with E-state index in [2.05, 4.69) is 20.9 Å². The van der Waals surface area contributed by atoms with E-state index in [1.165, 1.54) is 0 Å². The fraction of sp³-hybridized carbons (Fsp3) is 0.125. The van der Waals surface area contributed by atoms with E-state index in [0.717, 1.165) is 24.7 Å². The summed E-state index contributed by atoms with van der Waals surface area (Å²) in [4.78, 5) is 4.34. The zero-order chi connectivity index (χ0) is 8.72. The molecule has 62 valence electrons. The number of fused-ring (bicyclic) bond motifs is 1. The molecule has 0 radical (unpaired) electrons. The second-order valence-corrected chi connectivity index (χ2v) is 4.85. The standard InChI is InChI=1S/C8H5BrClNS/c1-4-11-6-3-2-5(10)7(9)8(6)12-4/h2-3H,1H3. The van der Waals surface area contributed by atoms with Gasteiger partial charge < -0.3 is 0 Å². The summed E-state index contributed by atoms with van der Waals surface area (Å²) >= 11 is 11.0. The molecule has 0 amide bonds. The van der Waals surface area contributed by atoms with Crippen LogP contribution >= 0.6 is 38.9 Å². The Bertz CT molecular complexity index is 438. The second-order valence-electron chi connectivity index (χ2n) is 2.44. The van der Waals surface area contributed by atoms with E-state index in [1.807, 2.05) is 19.1 Å². The predicted molar refractivity (Wildman–Crippen MR) is 57.1 cm³/mol. The molecule has 1 aromatic carbocycles. The number of aromatic nitrogens is 1. The highest BCUT2D eigenvalue weighted by Crippen LogP contribution is 2.34. The first-order valence-corrected chi connectivity index (χ1v) is 5.38. The van der Waals surface area contributed by atoms with Crippen molar-refractivity contribution >= 4 is 49.1 Å². The molecule has 0 saturated heterocycles. The molecule has 0 unspecified atom stereocenters. The van der Waals surface area contributed by atoms with Crippen LogP contribution in [0, 0.1) is 6.92 Å². The third-order valence-corrected chi connectivity index (χ3v) is 4.19. The summed E-state index contributed by atoms with van der Waals surface area (Å²) in [5.41, 5.74) is 1.01. The third-order valence-electron chi connectivity index (χ3n) is 1.56. The molecule has 2 rings (SSSR count). The summed E-state index contributed by atoms with van der Waals surface area (Å²) in [7, 11) is 0. The Morgan fingerprint density at radius 1 is 1.50 bits per heavy atom. The highest BCUT2D eigenvalue weighted by molar-refractivity contribution is 9.10. The Hall–Kier alpha value is -0.120. The minimum Gasteiger partial charge on any atom is -0.241 e. The molecule has 0 saturated carbocycles. The Labute approximate surface area is 87.5 Å². The lowest BCUT2D eigenvalue weighted by Gasteiger charge is -1.94. The predicted octanol–water partition coefficient (Wildman–Crippen LogP) is 4.02. The van der Waals surface area contributed by atoms with Crippen molar-refractivity contribution in [3.05, 3.63) is 26.6 Å². The summed E-state index contributed by atoms with van der Waals surface area (Å²) in [6, 6.07) is 3.79. The molecule has 4 heteroatoms. The van der Waals surface area contributed by atoms with Crippen molar-refractivity contribution in [3.8, 4) is 0 Å². The van der Waals surface area contributed by atoms with Crippen LogP contribution in [0.1, 0.15) is 5.01 Å².